The molecule has 0 aliphatic rings. The van der Waals surface area contributed by atoms with Crippen molar-refractivity contribution in [2.24, 2.45) is 5.92 Å². The van der Waals surface area contributed by atoms with E-state index in [-0.39, 0.29) is 30.0 Å². The zero-order valence-electron chi connectivity index (χ0n) is 28.3. The van der Waals surface area contributed by atoms with Gasteiger partial charge in [-0.25, -0.2) is 4.79 Å². The maximum atomic E-state index is 14.8. The van der Waals surface area contributed by atoms with E-state index in [0.29, 0.717) is 18.9 Å². The number of phenols is 1. The number of aromatic hydroxyl groups is 1. The Kier molecular flexibility index (Phi) is 14.2. The van der Waals surface area contributed by atoms with Crippen molar-refractivity contribution in [2.45, 2.75) is 125 Å². The van der Waals surface area contributed by atoms with Crippen molar-refractivity contribution in [3.63, 3.8) is 0 Å². The van der Waals surface area contributed by atoms with E-state index in [0.717, 1.165) is 47.9 Å². The Hall–Kier alpha value is -3.55. The lowest BCUT2D eigenvalue weighted by Crippen LogP contribution is -2.56. The Bertz CT molecular complexity index is 1220. The van der Waals surface area contributed by atoms with Crippen LogP contribution in [0.1, 0.15) is 109 Å². The minimum Gasteiger partial charge on any atom is -0.508 e. The molecule has 0 bridgehead atoms. The molecule has 0 saturated carbocycles. The van der Waals surface area contributed by atoms with Gasteiger partial charge in [0.2, 0.25) is 11.8 Å². The average molecular weight is 610 g/mol. The maximum Gasteiger partial charge on any atom is 0.408 e. The number of unbranched alkanes of at least 4 members (excludes halogenated alkanes) is 2. The van der Waals surface area contributed by atoms with E-state index in [1.54, 1.807) is 49.9 Å². The largest absolute Gasteiger partial charge is 0.508 e. The highest BCUT2D eigenvalue weighted by atomic mass is 16.6. The average Bonchev–Trinajstić information content (AvgIpc) is 2.92. The lowest BCUT2D eigenvalue weighted by atomic mass is 9.93. The third-order valence-corrected chi connectivity index (χ3v) is 7.58. The van der Waals surface area contributed by atoms with Gasteiger partial charge in [0.25, 0.3) is 0 Å². The Morgan fingerprint density at radius 3 is 2.18 bits per heavy atom. The Morgan fingerprint density at radius 2 is 1.61 bits per heavy atom. The Labute approximate surface area is 264 Å². The zero-order valence-corrected chi connectivity index (χ0v) is 28.3. The number of nitrogens with one attached hydrogen (secondary N) is 2. The standard InChI is InChI=1S/C36H55N3O5/c1-10-11-12-21-37-33(41)32(30-20-14-25(4)22-26(30)5)39(27(6)15-13-24(2)3)34(42)31(38-35(43)44-36(7,8)9)23-28-16-18-29(40)19-17-28/h14,16-20,22,24,27,31-32,40H,10-13,15,21,23H2,1-9H3,(H,37,41)(H,38,43). The van der Waals surface area contributed by atoms with E-state index in [2.05, 4.69) is 31.4 Å². The van der Waals surface area contributed by atoms with Gasteiger partial charge in [-0.15, -0.1) is 0 Å². The highest BCUT2D eigenvalue weighted by Crippen LogP contribution is 2.30. The molecule has 8 nitrogen and oxygen atoms in total. The summed E-state index contributed by atoms with van der Waals surface area (Å²) in [5, 5.41) is 15.8. The first kappa shape index (κ1) is 36.6. The predicted molar refractivity (Wildman–Crippen MR) is 177 cm³/mol. The number of hydrogen-bond acceptors (Lipinski definition) is 5. The molecule has 3 atom stereocenters. The zero-order chi connectivity index (χ0) is 33.0. The fourth-order valence-electron chi connectivity index (χ4n) is 5.24. The maximum absolute atomic E-state index is 14.8. The third kappa shape index (κ3) is 11.9. The van der Waals surface area contributed by atoms with Crippen LogP contribution in [0.4, 0.5) is 4.79 Å². The van der Waals surface area contributed by atoms with Gasteiger partial charge in [-0.3, -0.25) is 9.59 Å². The molecule has 0 saturated heterocycles. The minimum absolute atomic E-state index is 0.107. The lowest BCUT2D eigenvalue weighted by Gasteiger charge is -2.39. The number of amides is 3. The summed E-state index contributed by atoms with van der Waals surface area (Å²) in [4.78, 5) is 43.7. The van der Waals surface area contributed by atoms with Crippen molar-refractivity contribution in [1.82, 2.24) is 15.5 Å². The van der Waals surface area contributed by atoms with Crippen LogP contribution in [0.2, 0.25) is 0 Å². The molecule has 0 aliphatic carbocycles. The van der Waals surface area contributed by atoms with Crippen LogP contribution in [-0.2, 0) is 20.7 Å². The number of ether oxygens (including phenoxy) is 1. The van der Waals surface area contributed by atoms with Crippen molar-refractivity contribution < 1.29 is 24.2 Å². The topological polar surface area (TPSA) is 108 Å². The number of alkyl carbamates (subject to hydrolysis) is 1. The minimum atomic E-state index is -1.02. The smallest absolute Gasteiger partial charge is 0.408 e. The van der Waals surface area contributed by atoms with Gasteiger partial charge in [0.15, 0.2) is 0 Å². The molecule has 2 rings (SSSR count). The molecule has 2 aromatic carbocycles. The summed E-state index contributed by atoms with van der Waals surface area (Å²) in [6.45, 7) is 18.2. The summed E-state index contributed by atoms with van der Waals surface area (Å²) in [5.41, 5.74) is 2.73. The van der Waals surface area contributed by atoms with Crippen LogP contribution in [0, 0.1) is 19.8 Å². The number of benzene rings is 2. The summed E-state index contributed by atoms with van der Waals surface area (Å²) < 4.78 is 5.56. The molecule has 3 unspecified atom stereocenters. The van der Waals surface area contributed by atoms with Gasteiger partial charge < -0.3 is 25.4 Å². The van der Waals surface area contributed by atoms with E-state index >= 15 is 0 Å². The number of carbonyl (C=O) groups is 3. The van der Waals surface area contributed by atoms with Crippen LogP contribution in [0.3, 0.4) is 0 Å². The van der Waals surface area contributed by atoms with Gasteiger partial charge in [-0.05, 0) is 95.5 Å². The summed E-state index contributed by atoms with van der Waals surface area (Å²) in [6, 6.07) is 10.3. The van der Waals surface area contributed by atoms with Crippen LogP contribution in [-0.4, -0.2) is 52.1 Å². The van der Waals surface area contributed by atoms with Crippen LogP contribution < -0.4 is 10.6 Å². The van der Waals surface area contributed by atoms with Crippen molar-refractivity contribution in [3.05, 3.63) is 64.7 Å². The van der Waals surface area contributed by atoms with Crippen molar-refractivity contribution >= 4 is 17.9 Å². The quantitative estimate of drug-likeness (QED) is 0.186. The second-order valence-electron chi connectivity index (χ2n) is 13.4. The van der Waals surface area contributed by atoms with Crippen LogP contribution in [0.25, 0.3) is 0 Å². The molecule has 0 radical (unpaired) electrons. The van der Waals surface area contributed by atoms with Gasteiger partial charge in [-0.1, -0.05) is 69.5 Å². The Morgan fingerprint density at radius 1 is 0.955 bits per heavy atom. The molecule has 44 heavy (non-hydrogen) atoms. The van der Waals surface area contributed by atoms with E-state index in [9.17, 15) is 19.5 Å². The van der Waals surface area contributed by atoms with Crippen LogP contribution >= 0.6 is 0 Å². The summed E-state index contributed by atoms with van der Waals surface area (Å²) >= 11 is 0. The second kappa shape index (κ2) is 17.1. The molecule has 244 valence electrons. The molecule has 0 heterocycles. The van der Waals surface area contributed by atoms with Crippen LogP contribution in [0.15, 0.2) is 42.5 Å². The number of rotatable bonds is 15. The molecule has 0 fully saturated rings. The highest BCUT2D eigenvalue weighted by molar-refractivity contribution is 5.92. The molecule has 3 amide bonds. The summed E-state index contributed by atoms with van der Waals surface area (Å²) in [5.74, 6) is -0.0906. The molecule has 0 aliphatic heterocycles. The molecule has 8 heteroatoms. The summed E-state index contributed by atoms with van der Waals surface area (Å²) in [7, 11) is 0. The van der Waals surface area contributed by atoms with E-state index in [1.807, 2.05) is 39.0 Å². The molecular formula is C36H55N3O5. The van der Waals surface area contributed by atoms with Crippen molar-refractivity contribution in [1.29, 1.82) is 0 Å². The fourth-order valence-corrected chi connectivity index (χ4v) is 5.24. The van der Waals surface area contributed by atoms with Gasteiger partial charge in [0, 0.05) is 19.0 Å². The van der Waals surface area contributed by atoms with Crippen molar-refractivity contribution in [3.8, 4) is 5.75 Å². The monoisotopic (exact) mass is 609 g/mol. The first-order valence-electron chi connectivity index (χ1n) is 16.1. The Balaban J connectivity index is 2.66. The number of phenolic OH excluding ortho intramolecular Hbond substituents is 1. The van der Waals surface area contributed by atoms with Gasteiger partial charge in [0.1, 0.15) is 23.4 Å². The number of carbonyl (C=O) groups excluding carboxylic acids is 3. The third-order valence-electron chi connectivity index (χ3n) is 7.58. The number of aryl methyl sites for hydroxylation is 2. The van der Waals surface area contributed by atoms with E-state index in [4.69, 9.17) is 4.74 Å². The first-order valence-corrected chi connectivity index (χ1v) is 16.1. The summed E-state index contributed by atoms with van der Waals surface area (Å²) in [6.07, 6.45) is 3.87. The lowest BCUT2D eigenvalue weighted by molar-refractivity contribution is -0.145. The SMILES string of the molecule is CCCCCNC(=O)C(c1ccc(C)cc1C)N(C(=O)C(Cc1ccc(O)cc1)NC(=O)OC(C)(C)C)C(C)CCC(C)C. The first-order chi connectivity index (χ1) is 20.6. The highest BCUT2D eigenvalue weighted by Gasteiger charge is 2.39. The predicted octanol–water partition coefficient (Wildman–Crippen LogP) is 7.15. The van der Waals surface area contributed by atoms with Crippen molar-refractivity contribution in [2.75, 3.05) is 6.54 Å². The molecule has 0 spiro atoms. The van der Waals surface area contributed by atoms with Gasteiger partial charge in [-0.2, -0.15) is 0 Å². The van der Waals surface area contributed by atoms with Gasteiger partial charge >= 0.3 is 6.09 Å². The fraction of sp³-hybridized carbons (Fsp3) is 0.583. The molecular weight excluding hydrogens is 554 g/mol. The molecule has 2 aromatic rings. The van der Waals surface area contributed by atoms with Gasteiger partial charge in [0.05, 0.1) is 0 Å². The number of nitrogens with zero attached hydrogens (tertiary/aromatic N) is 1. The molecule has 0 aromatic heterocycles. The second-order valence-corrected chi connectivity index (χ2v) is 13.4. The normalized spacial score (nSPS) is 13.6. The van der Waals surface area contributed by atoms with E-state index in [1.165, 1.54) is 0 Å². The number of hydrogen-bond donors (Lipinski definition) is 3. The molecule has 3 N–H and O–H groups in total. The van der Waals surface area contributed by atoms with E-state index < -0.39 is 23.8 Å². The van der Waals surface area contributed by atoms with Crippen LogP contribution in [0.5, 0.6) is 5.75 Å².